The van der Waals surface area contributed by atoms with Crippen molar-refractivity contribution in [1.82, 2.24) is 20.9 Å². The average Bonchev–Trinajstić information content (AvgIpc) is 3.30. The first-order valence-corrected chi connectivity index (χ1v) is 13.7. The van der Waals surface area contributed by atoms with Crippen LogP contribution in [0.5, 0.6) is 11.5 Å². The first-order valence-electron chi connectivity index (χ1n) is 12.8. The van der Waals surface area contributed by atoms with Gasteiger partial charge in [-0.05, 0) is 49.4 Å². The molecule has 3 saturated heterocycles. The number of para-hydroxylation sites is 1. The topological polar surface area (TPSA) is 95.2 Å². The van der Waals surface area contributed by atoms with E-state index in [2.05, 4.69) is 20.9 Å². The molecule has 3 amide bonds. The van der Waals surface area contributed by atoms with Gasteiger partial charge >= 0.3 is 6.03 Å². The van der Waals surface area contributed by atoms with Crippen LogP contribution in [0, 0.1) is 5.92 Å². The number of thioether (sulfide) groups is 1. The minimum Gasteiger partial charge on any atom is -0.457 e. The van der Waals surface area contributed by atoms with Gasteiger partial charge in [0.05, 0.1) is 29.5 Å². The van der Waals surface area contributed by atoms with E-state index in [0.717, 1.165) is 62.9 Å². The summed E-state index contributed by atoms with van der Waals surface area (Å²) in [6.07, 6.45) is 0.812. The number of ether oxygens (including phenoxy) is 2. The Morgan fingerprint density at radius 2 is 1.84 bits per heavy atom. The molecule has 0 aliphatic carbocycles. The summed E-state index contributed by atoms with van der Waals surface area (Å²) in [6.45, 7) is 5.40. The van der Waals surface area contributed by atoms with Crippen molar-refractivity contribution in [3.05, 3.63) is 65.2 Å². The van der Waals surface area contributed by atoms with Gasteiger partial charge in [-0.2, -0.15) is 0 Å². The molecule has 2 aromatic rings. The number of hydrogen-bond donors (Lipinski definition) is 3. The minimum absolute atomic E-state index is 0.0247. The van der Waals surface area contributed by atoms with Crippen molar-refractivity contribution < 1.29 is 19.1 Å². The number of urea groups is 1. The third-order valence-corrected chi connectivity index (χ3v) is 8.61. The minimum atomic E-state index is -0.199. The quantitative estimate of drug-likeness (QED) is 0.516. The number of rotatable bonds is 7. The van der Waals surface area contributed by atoms with E-state index in [1.165, 1.54) is 11.8 Å². The molecule has 4 aliphatic heterocycles. The third kappa shape index (κ3) is 5.06. The van der Waals surface area contributed by atoms with Crippen LogP contribution < -0.4 is 25.6 Å². The molecule has 0 spiro atoms. The SMILES string of the molecule is O=C(NCCN1CCOCC1)C1=C2NC(=O)N(c3ccc(Oc4ccccc4)cc3)C3CCNC(S1)C23. The van der Waals surface area contributed by atoms with Crippen LogP contribution in [0.2, 0.25) is 0 Å². The molecular weight excluding hydrogens is 490 g/mol. The number of anilines is 1. The zero-order valence-corrected chi connectivity index (χ0v) is 21.3. The van der Waals surface area contributed by atoms with E-state index in [9.17, 15) is 9.59 Å². The molecule has 4 heterocycles. The van der Waals surface area contributed by atoms with Crippen molar-refractivity contribution in [3.8, 4) is 11.5 Å². The number of nitrogens with one attached hydrogen (secondary N) is 3. The lowest BCUT2D eigenvalue weighted by Crippen LogP contribution is -2.62. The predicted molar refractivity (Wildman–Crippen MR) is 143 cm³/mol. The summed E-state index contributed by atoms with van der Waals surface area (Å²) in [4.78, 5) is 31.3. The van der Waals surface area contributed by atoms with Crippen molar-refractivity contribution in [1.29, 1.82) is 0 Å². The fourth-order valence-electron chi connectivity index (χ4n) is 5.45. The lowest BCUT2D eigenvalue weighted by molar-refractivity contribution is -0.116. The van der Waals surface area contributed by atoms with Crippen LogP contribution in [0.25, 0.3) is 0 Å². The van der Waals surface area contributed by atoms with Gasteiger partial charge in [-0.25, -0.2) is 4.79 Å². The molecule has 2 aromatic carbocycles. The summed E-state index contributed by atoms with van der Waals surface area (Å²) in [5, 5.41) is 9.73. The lowest BCUT2D eigenvalue weighted by atomic mass is 9.86. The second kappa shape index (κ2) is 10.7. The fraction of sp³-hybridized carbons (Fsp3) is 0.407. The number of carbonyl (C=O) groups excluding carboxylic acids is 2. The maximum atomic E-state index is 13.4. The van der Waals surface area contributed by atoms with Crippen molar-refractivity contribution in [2.75, 3.05) is 50.8 Å². The van der Waals surface area contributed by atoms with E-state index < -0.39 is 0 Å². The Bertz CT molecular complexity index is 1170. The van der Waals surface area contributed by atoms with E-state index in [0.29, 0.717) is 17.2 Å². The number of morpholine rings is 1. The number of carbonyl (C=O) groups is 2. The molecule has 6 rings (SSSR count). The summed E-state index contributed by atoms with van der Waals surface area (Å²) < 4.78 is 11.3. The summed E-state index contributed by atoms with van der Waals surface area (Å²) in [5.41, 5.74) is 1.57. The molecule has 3 atom stereocenters. The molecule has 37 heavy (non-hydrogen) atoms. The zero-order valence-electron chi connectivity index (χ0n) is 20.5. The van der Waals surface area contributed by atoms with E-state index in [1.807, 2.05) is 59.5 Å². The number of nitrogens with zero attached hydrogens (tertiary/aromatic N) is 2. The Kier molecular flexibility index (Phi) is 7.06. The smallest absolute Gasteiger partial charge is 0.326 e. The van der Waals surface area contributed by atoms with Gasteiger partial charge in [0.2, 0.25) is 0 Å². The monoisotopic (exact) mass is 521 g/mol. The molecule has 3 unspecified atom stereocenters. The fourth-order valence-corrected chi connectivity index (χ4v) is 6.87. The maximum Gasteiger partial charge on any atom is 0.326 e. The highest BCUT2D eigenvalue weighted by Gasteiger charge is 2.51. The van der Waals surface area contributed by atoms with Crippen LogP contribution in [0.4, 0.5) is 10.5 Å². The molecule has 3 fully saturated rings. The standard InChI is InChI=1S/C27H31N5O4S/c33-25(28-12-13-31-14-16-35-17-15-31)24-23-22-21(10-11-29-26(22)37-24)32(27(34)30-23)18-6-8-20(9-7-18)36-19-4-2-1-3-5-19/h1-9,21-22,26,29H,10-17H2,(H,28,33)(H,30,34). The Labute approximate surface area is 220 Å². The molecule has 0 radical (unpaired) electrons. The molecule has 0 bridgehead atoms. The van der Waals surface area contributed by atoms with Gasteiger partial charge in [0.1, 0.15) is 11.5 Å². The third-order valence-electron chi connectivity index (χ3n) is 7.26. The summed E-state index contributed by atoms with van der Waals surface area (Å²) >= 11 is 1.53. The molecule has 0 saturated carbocycles. The Balaban J connectivity index is 1.16. The number of hydrogen-bond acceptors (Lipinski definition) is 7. The number of amides is 3. The van der Waals surface area contributed by atoms with Crippen LogP contribution >= 0.6 is 11.8 Å². The number of benzene rings is 2. The van der Waals surface area contributed by atoms with E-state index in [4.69, 9.17) is 9.47 Å². The lowest BCUT2D eigenvalue weighted by Gasteiger charge is -2.45. The summed E-state index contributed by atoms with van der Waals surface area (Å²) in [5.74, 6) is 1.39. The second-order valence-electron chi connectivity index (χ2n) is 9.54. The van der Waals surface area contributed by atoms with Crippen molar-refractivity contribution in [2.45, 2.75) is 17.8 Å². The van der Waals surface area contributed by atoms with Crippen molar-refractivity contribution in [2.24, 2.45) is 5.92 Å². The summed E-state index contributed by atoms with van der Waals surface area (Å²) in [6, 6.07) is 17.0. The van der Waals surface area contributed by atoms with E-state index >= 15 is 0 Å². The molecule has 9 nitrogen and oxygen atoms in total. The Hall–Kier alpha value is -3.05. The van der Waals surface area contributed by atoms with Crippen LogP contribution in [-0.2, 0) is 9.53 Å². The Morgan fingerprint density at radius 1 is 1.08 bits per heavy atom. The van der Waals surface area contributed by atoms with Gasteiger partial charge in [-0.3, -0.25) is 14.6 Å². The van der Waals surface area contributed by atoms with Crippen LogP contribution in [0.1, 0.15) is 6.42 Å². The van der Waals surface area contributed by atoms with Gasteiger partial charge < -0.3 is 25.4 Å². The van der Waals surface area contributed by atoms with Gasteiger partial charge in [0.15, 0.2) is 0 Å². The maximum absolute atomic E-state index is 13.4. The predicted octanol–water partition coefficient (Wildman–Crippen LogP) is 2.72. The highest BCUT2D eigenvalue weighted by Crippen LogP contribution is 2.48. The highest BCUT2D eigenvalue weighted by atomic mass is 32.2. The summed E-state index contributed by atoms with van der Waals surface area (Å²) in [7, 11) is 0. The van der Waals surface area contributed by atoms with Crippen LogP contribution in [0.3, 0.4) is 0 Å². The normalized spacial score (nSPS) is 25.5. The molecule has 4 aliphatic rings. The van der Waals surface area contributed by atoms with Crippen LogP contribution in [-0.4, -0.2) is 74.2 Å². The first-order chi connectivity index (χ1) is 18.2. The van der Waals surface area contributed by atoms with Gasteiger partial charge in [0.25, 0.3) is 5.91 Å². The highest BCUT2D eigenvalue weighted by molar-refractivity contribution is 8.04. The first kappa shape index (κ1) is 24.3. The molecular formula is C27H31N5O4S. The molecule has 0 aromatic heterocycles. The average molecular weight is 522 g/mol. The van der Waals surface area contributed by atoms with Gasteiger partial charge in [-0.1, -0.05) is 30.0 Å². The Morgan fingerprint density at radius 3 is 2.62 bits per heavy atom. The number of piperidine rings is 1. The second-order valence-corrected chi connectivity index (χ2v) is 10.7. The van der Waals surface area contributed by atoms with E-state index in [1.54, 1.807) is 0 Å². The molecule has 3 N–H and O–H groups in total. The van der Waals surface area contributed by atoms with Crippen molar-refractivity contribution in [3.63, 3.8) is 0 Å². The molecule has 194 valence electrons. The molecule has 10 heteroatoms. The van der Waals surface area contributed by atoms with Gasteiger partial charge in [0, 0.05) is 43.5 Å². The van der Waals surface area contributed by atoms with Crippen molar-refractivity contribution >= 4 is 29.4 Å². The van der Waals surface area contributed by atoms with Gasteiger partial charge in [-0.15, -0.1) is 0 Å². The zero-order chi connectivity index (χ0) is 25.2. The largest absolute Gasteiger partial charge is 0.457 e. The van der Waals surface area contributed by atoms with Crippen LogP contribution in [0.15, 0.2) is 65.2 Å². The van der Waals surface area contributed by atoms with E-state index in [-0.39, 0.29) is 29.3 Å².